The first-order chi connectivity index (χ1) is 14.7. The van der Waals surface area contributed by atoms with Gasteiger partial charge in [0.2, 0.25) is 11.8 Å². The fraction of sp³-hybridized carbons (Fsp3) is 0.636. The van der Waals surface area contributed by atoms with Crippen LogP contribution in [0.5, 0.6) is 0 Å². The molecule has 1 atom stereocenters. The summed E-state index contributed by atoms with van der Waals surface area (Å²) in [6.07, 6.45) is 3.32. The number of amides is 2. The molecule has 1 aromatic rings. The lowest BCUT2D eigenvalue weighted by molar-refractivity contribution is -0.145. The zero-order chi connectivity index (χ0) is 21.6. The molecule has 0 saturated heterocycles. The SMILES string of the molecule is COCCOCCOCC(=O)N1Cc2ccccc2CC1C(=O)NCCCCCN. The van der Waals surface area contributed by atoms with Crippen molar-refractivity contribution in [1.82, 2.24) is 10.2 Å². The minimum atomic E-state index is -0.525. The second-order valence-corrected chi connectivity index (χ2v) is 7.31. The summed E-state index contributed by atoms with van der Waals surface area (Å²) in [5.74, 6) is -0.307. The van der Waals surface area contributed by atoms with E-state index in [1.807, 2.05) is 24.3 Å². The molecule has 1 unspecified atom stereocenters. The number of nitrogens with one attached hydrogen (secondary N) is 1. The molecule has 0 fully saturated rings. The Kier molecular flexibility index (Phi) is 11.4. The predicted molar refractivity (Wildman–Crippen MR) is 114 cm³/mol. The highest BCUT2D eigenvalue weighted by atomic mass is 16.5. The number of rotatable bonds is 14. The van der Waals surface area contributed by atoms with Gasteiger partial charge in [-0.15, -0.1) is 0 Å². The summed E-state index contributed by atoms with van der Waals surface area (Å²) in [6, 6.07) is 7.41. The molecule has 8 nitrogen and oxygen atoms in total. The van der Waals surface area contributed by atoms with Crippen molar-refractivity contribution in [2.75, 3.05) is 53.2 Å². The maximum absolute atomic E-state index is 12.8. The molecule has 0 aliphatic carbocycles. The molecule has 1 aliphatic rings. The van der Waals surface area contributed by atoms with E-state index in [9.17, 15) is 9.59 Å². The number of carbonyl (C=O) groups excluding carboxylic acids is 2. The van der Waals surface area contributed by atoms with E-state index >= 15 is 0 Å². The van der Waals surface area contributed by atoms with Crippen LogP contribution in [0.4, 0.5) is 0 Å². The molecule has 8 heteroatoms. The summed E-state index contributed by atoms with van der Waals surface area (Å²) in [5.41, 5.74) is 7.69. The Hall–Kier alpha value is -2.00. The smallest absolute Gasteiger partial charge is 0.249 e. The zero-order valence-corrected chi connectivity index (χ0v) is 17.9. The number of hydrogen-bond donors (Lipinski definition) is 2. The molecular formula is C22H35N3O5. The first kappa shape index (κ1) is 24.3. The van der Waals surface area contributed by atoms with E-state index in [2.05, 4.69) is 5.32 Å². The van der Waals surface area contributed by atoms with Gasteiger partial charge in [-0.1, -0.05) is 30.7 Å². The minimum Gasteiger partial charge on any atom is -0.382 e. The second kappa shape index (κ2) is 14.1. The normalized spacial score (nSPS) is 15.7. The number of ether oxygens (including phenoxy) is 3. The molecular weight excluding hydrogens is 386 g/mol. The number of fused-ring (bicyclic) bond motifs is 1. The average molecular weight is 422 g/mol. The molecule has 1 aromatic carbocycles. The van der Waals surface area contributed by atoms with Crippen molar-refractivity contribution in [3.05, 3.63) is 35.4 Å². The van der Waals surface area contributed by atoms with Gasteiger partial charge < -0.3 is 30.2 Å². The standard InChI is InChI=1S/C22H35N3O5/c1-28-11-12-29-13-14-30-17-21(26)25-16-19-8-4-3-7-18(19)15-20(25)22(27)24-10-6-2-5-9-23/h3-4,7-8,20H,2,5-6,9-17,23H2,1H3,(H,24,27). The van der Waals surface area contributed by atoms with Crippen LogP contribution in [0.2, 0.25) is 0 Å². The molecule has 3 N–H and O–H groups in total. The Bertz CT molecular complexity index is 655. The number of hydrogen-bond acceptors (Lipinski definition) is 6. The summed E-state index contributed by atoms with van der Waals surface area (Å²) < 4.78 is 15.7. The van der Waals surface area contributed by atoms with Gasteiger partial charge in [0.15, 0.2) is 0 Å². The van der Waals surface area contributed by atoms with E-state index in [1.165, 1.54) is 0 Å². The molecule has 30 heavy (non-hydrogen) atoms. The zero-order valence-electron chi connectivity index (χ0n) is 17.9. The Balaban J connectivity index is 1.88. The van der Waals surface area contributed by atoms with Crippen molar-refractivity contribution in [3.8, 4) is 0 Å². The van der Waals surface area contributed by atoms with Crippen LogP contribution in [0.15, 0.2) is 24.3 Å². The number of unbranched alkanes of at least 4 members (excludes halogenated alkanes) is 2. The number of nitrogens with two attached hydrogens (primary N) is 1. The van der Waals surface area contributed by atoms with E-state index in [0.717, 1.165) is 30.4 Å². The number of carbonyl (C=O) groups is 2. The number of benzene rings is 1. The quantitative estimate of drug-likeness (QED) is 0.432. The highest BCUT2D eigenvalue weighted by molar-refractivity contribution is 5.89. The van der Waals surface area contributed by atoms with Gasteiger partial charge in [0.05, 0.1) is 26.4 Å². The molecule has 0 radical (unpaired) electrons. The van der Waals surface area contributed by atoms with Crippen LogP contribution in [0.25, 0.3) is 0 Å². The lowest BCUT2D eigenvalue weighted by Gasteiger charge is -2.36. The van der Waals surface area contributed by atoms with Crippen LogP contribution in [0.1, 0.15) is 30.4 Å². The van der Waals surface area contributed by atoms with Gasteiger partial charge in [-0.2, -0.15) is 0 Å². The van der Waals surface area contributed by atoms with Crippen molar-refractivity contribution in [3.63, 3.8) is 0 Å². The van der Waals surface area contributed by atoms with Crippen LogP contribution in [0.3, 0.4) is 0 Å². The van der Waals surface area contributed by atoms with Gasteiger partial charge in [-0.05, 0) is 30.5 Å². The Morgan fingerprint density at radius 3 is 2.57 bits per heavy atom. The third-order valence-corrected chi connectivity index (χ3v) is 5.08. The third-order valence-electron chi connectivity index (χ3n) is 5.08. The van der Waals surface area contributed by atoms with Crippen LogP contribution >= 0.6 is 0 Å². The Morgan fingerprint density at radius 2 is 1.80 bits per heavy atom. The first-order valence-corrected chi connectivity index (χ1v) is 10.7. The molecule has 1 aliphatic heterocycles. The molecule has 168 valence electrons. The first-order valence-electron chi connectivity index (χ1n) is 10.7. The van der Waals surface area contributed by atoms with Crippen molar-refractivity contribution in [2.24, 2.45) is 5.73 Å². The maximum Gasteiger partial charge on any atom is 0.249 e. The lowest BCUT2D eigenvalue weighted by atomic mass is 9.93. The highest BCUT2D eigenvalue weighted by Crippen LogP contribution is 2.23. The van der Waals surface area contributed by atoms with Gasteiger partial charge in [-0.25, -0.2) is 0 Å². The number of methoxy groups -OCH3 is 1. The fourth-order valence-corrected chi connectivity index (χ4v) is 3.40. The lowest BCUT2D eigenvalue weighted by Crippen LogP contribution is -2.53. The molecule has 0 spiro atoms. The topological polar surface area (TPSA) is 103 Å². The fourth-order valence-electron chi connectivity index (χ4n) is 3.40. The molecule has 0 aromatic heterocycles. The highest BCUT2D eigenvalue weighted by Gasteiger charge is 2.34. The van der Waals surface area contributed by atoms with Gasteiger partial charge in [0.1, 0.15) is 12.6 Å². The predicted octanol–water partition coefficient (Wildman–Crippen LogP) is 0.865. The summed E-state index contributed by atoms with van der Waals surface area (Å²) in [4.78, 5) is 27.3. The maximum atomic E-state index is 12.8. The number of nitrogens with zero attached hydrogens (tertiary/aromatic N) is 1. The Morgan fingerprint density at radius 1 is 1.07 bits per heavy atom. The van der Waals surface area contributed by atoms with Crippen molar-refractivity contribution < 1.29 is 23.8 Å². The second-order valence-electron chi connectivity index (χ2n) is 7.31. The third kappa shape index (κ3) is 8.02. The summed E-state index contributed by atoms with van der Waals surface area (Å²) in [7, 11) is 1.61. The monoisotopic (exact) mass is 421 g/mol. The van der Waals surface area contributed by atoms with E-state index in [1.54, 1.807) is 12.0 Å². The molecule has 0 saturated carbocycles. The summed E-state index contributed by atoms with van der Waals surface area (Å²) in [5, 5.41) is 2.98. The van der Waals surface area contributed by atoms with Crippen molar-refractivity contribution in [2.45, 2.75) is 38.3 Å². The molecule has 1 heterocycles. The van der Waals surface area contributed by atoms with E-state index in [-0.39, 0.29) is 18.4 Å². The minimum absolute atomic E-state index is 0.0733. The molecule has 0 bridgehead atoms. The summed E-state index contributed by atoms with van der Waals surface area (Å²) in [6.45, 7) is 3.31. The van der Waals surface area contributed by atoms with Gasteiger partial charge in [0, 0.05) is 26.6 Å². The average Bonchev–Trinajstić information content (AvgIpc) is 2.77. The van der Waals surface area contributed by atoms with Crippen LogP contribution in [-0.2, 0) is 36.8 Å². The van der Waals surface area contributed by atoms with E-state index < -0.39 is 6.04 Å². The van der Waals surface area contributed by atoms with Crippen LogP contribution in [-0.4, -0.2) is 76.0 Å². The Labute approximate surface area is 179 Å². The van der Waals surface area contributed by atoms with Gasteiger partial charge in [-0.3, -0.25) is 9.59 Å². The largest absolute Gasteiger partial charge is 0.382 e. The summed E-state index contributed by atoms with van der Waals surface area (Å²) >= 11 is 0. The van der Waals surface area contributed by atoms with Crippen LogP contribution < -0.4 is 11.1 Å². The van der Waals surface area contributed by atoms with Crippen LogP contribution in [0, 0.1) is 0 Å². The van der Waals surface area contributed by atoms with Gasteiger partial charge in [0.25, 0.3) is 0 Å². The van der Waals surface area contributed by atoms with E-state index in [0.29, 0.717) is 52.5 Å². The van der Waals surface area contributed by atoms with E-state index in [4.69, 9.17) is 19.9 Å². The molecule has 2 amide bonds. The molecule has 2 rings (SSSR count). The van der Waals surface area contributed by atoms with Gasteiger partial charge >= 0.3 is 0 Å². The van der Waals surface area contributed by atoms with Crippen molar-refractivity contribution in [1.29, 1.82) is 0 Å². The van der Waals surface area contributed by atoms with Crippen molar-refractivity contribution >= 4 is 11.8 Å².